The lowest BCUT2D eigenvalue weighted by Gasteiger charge is -2.20. The van der Waals surface area contributed by atoms with Crippen LogP contribution in [-0.4, -0.2) is 39.8 Å². The van der Waals surface area contributed by atoms with Gasteiger partial charge in [0, 0.05) is 13.0 Å². The molecule has 0 aromatic heterocycles. The molecule has 0 spiro atoms. The molecule has 0 fully saturated rings. The zero-order chi connectivity index (χ0) is 19.4. The van der Waals surface area contributed by atoms with Crippen LogP contribution in [0.4, 0.5) is 11.4 Å². The Labute approximate surface area is 158 Å². The molecule has 2 aromatic carbocycles. The van der Waals surface area contributed by atoms with E-state index in [-0.39, 0.29) is 18.9 Å². The Balaban J connectivity index is 1.84. The van der Waals surface area contributed by atoms with Crippen LogP contribution in [0.15, 0.2) is 48.5 Å². The Kier molecular flexibility index (Phi) is 5.55. The van der Waals surface area contributed by atoms with Gasteiger partial charge < -0.3 is 14.8 Å². The lowest BCUT2D eigenvalue weighted by atomic mass is 10.2. The second-order valence-corrected chi connectivity index (χ2v) is 8.02. The Hall–Kier alpha value is -2.74. The van der Waals surface area contributed by atoms with Crippen molar-refractivity contribution in [3.8, 4) is 11.5 Å². The number of hydrogen-bond acceptors (Lipinski definition) is 5. The van der Waals surface area contributed by atoms with Gasteiger partial charge in [-0.15, -0.1) is 0 Å². The SMILES string of the molecule is CCOc1ccccc1NC(=O)C1CCN(S(C)(=O)=O)c2ccccc2O1. The molecule has 0 saturated carbocycles. The standard InChI is InChI=1S/C19H22N2O5S/c1-3-25-16-10-6-4-8-14(16)20-19(22)18-12-13-21(27(2,23)24)15-9-5-7-11-17(15)26-18/h4-11,18H,3,12-13H2,1-2H3,(H,20,22). The molecular formula is C19H22N2O5S. The molecule has 1 amide bonds. The summed E-state index contributed by atoms with van der Waals surface area (Å²) in [5.74, 6) is 0.575. The van der Waals surface area contributed by atoms with Crippen LogP contribution in [0.3, 0.4) is 0 Å². The molecule has 0 bridgehead atoms. The van der Waals surface area contributed by atoms with Crippen molar-refractivity contribution in [2.24, 2.45) is 0 Å². The first-order chi connectivity index (χ1) is 12.9. The molecule has 8 heteroatoms. The number of para-hydroxylation sites is 4. The second-order valence-electron chi connectivity index (χ2n) is 6.12. The van der Waals surface area contributed by atoms with E-state index >= 15 is 0 Å². The third-order valence-electron chi connectivity index (χ3n) is 4.14. The lowest BCUT2D eigenvalue weighted by Crippen LogP contribution is -2.36. The van der Waals surface area contributed by atoms with Crippen LogP contribution >= 0.6 is 0 Å². The van der Waals surface area contributed by atoms with Gasteiger partial charge in [-0.1, -0.05) is 24.3 Å². The number of benzene rings is 2. The zero-order valence-electron chi connectivity index (χ0n) is 15.2. The summed E-state index contributed by atoms with van der Waals surface area (Å²) in [5, 5.41) is 2.82. The fourth-order valence-electron chi connectivity index (χ4n) is 2.92. The van der Waals surface area contributed by atoms with Gasteiger partial charge in [-0.3, -0.25) is 9.10 Å². The summed E-state index contributed by atoms with van der Waals surface area (Å²) >= 11 is 0. The normalized spacial score (nSPS) is 16.7. The highest BCUT2D eigenvalue weighted by molar-refractivity contribution is 7.92. The first-order valence-corrected chi connectivity index (χ1v) is 10.5. The second kappa shape index (κ2) is 7.87. The molecule has 7 nitrogen and oxygen atoms in total. The zero-order valence-corrected chi connectivity index (χ0v) is 16.0. The van der Waals surface area contributed by atoms with Crippen LogP contribution in [-0.2, 0) is 14.8 Å². The van der Waals surface area contributed by atoms with Crippen molar-refractivity contribution in [1.29, 1.82) is 0 Å². The predicted octanol–water partition coefficient (Wildman–Crippen LogP) is 2.64. The Morgan fingerprint density at radius 2 is 1.93 bits per heavy atom. The predicted molar refractivity (Wildman–Crippen MR) is 104 cm³/mol. The number of fused-ring (bicyclic) bond motifs is 1. The van der Waals surface area contributed by atoms with E-state index in [0.717, 1.165) is 6.26 Å². The summed E-state index contributed by atoms with van der Waals surface area (Å²) in [6, 6.07) is 13.9. The smallest absolute Gasteiger partial charge is 0.265 e. The molecule has 2 aromatic rings. The molecule has 3 rings (SSSR count). The summed E-state index contributed by atoms with van der Waals surface area (Å²) < 4.78 is 36.9. The number of sulfonamides is 1. The molecule has 1 heterocycles. The minimum atomic E-state index is -3.48. The monoisotopic (exact) mass is 390 g/mol. The number of carbonyl (C=O) groups excluding carboxylic acids is 1. The van der Waals surface area contributed by atoms with Gasteiger partial charge in [0.1, 0.15) is 11.5 Å². The first kappa shape index (κ1) is 19.0. The fourth-order valence-corrected chi connectivity index (χ4v) is 3.87. The Morgan fingerprint density at radius 3 is 2.67 bits per heavy atom. The lowest BCUT2D eigenvalue weighted by molar-refractivity contribution is -0.122. The van der Waals surface area contributed by atoms with Crippen molar-refractivity contribution in [1.82, 2.24) is 0 Å². The summed E-state index contributed by atoms with van der Waals surface area (Å²) in [4.78, 5) is 12.8. The van der Waals surface area contributed by atoms with Crippen molar-refractivity contribution in [3.63, 3.8) is 0 Å². The van der Waals surface area contributed by atoms with Crippen molar-refractivity contribution in [2.75, 3.05) is 29.0 Å². The molecule has 27 heavy (non-hydrogen) atoms. The maximum atomic E-state index is 12.8. The van der Waals surface area contributed by atoms with Crippen LogP contribution in [0.25, 0.3) is 0 Å². The highest BCUT2D eigenvalue weighted by atomic mass is 32.2. The molecule has 1 aliphatic rings. The average Bonchev–Trinajstić information content (AvgIpc) is 2.83. The van der Waals surface area contributed by atoms with E-state index in [0.29, 0.717) is 29.5 Å². The van der Waals surface area contributed by atoms with E-state index in [2.05, 4.69) is 5.32 Å². The molecule has 0 aliphatic carbocycles. The topological polar surface area (TPSA) is 84.9 Å². The minimum Gasteiger partial charge on any atom is -0.492 e. The molecule has 1 aliphatic heterocycles. The van der Waals surface area contributed by atoms with Crippen LogP contribution in [0.5, 0.6) is 11.5 Å². The van der Waals surface area contributed by atoms with E-state index in [1.807, 2.05) is 13.0 Å². The quantitative estimate of drug-likeness (QED) is 0.848. The van der Waals surface area contributed by atoms with Crippen molar-refractivity contribution in [3.05, 3.63) is 48.5 Å². The number of carbonyl (C=O) groups is 1. The number of nitrogens with one attached hydrogen (secondary N) is 1. The van der Waals surface area contributed by atoms with Gasteiger partial charge >= 0.3 is 0 Å². The minimum absolute atomic E-state index is 0.154. The van der Waals surface area contributed by atoms with E-state index in [1.54, 1.807) is 42.5 Å². The van der Waals surface area contributed by atoms with Gasteiger partial charge in [-0.05, 0) is 31.2 Å². The van der Waals surface area contributed by atoms with Crippen molar-refractivity contribution >= 4 is 27.3 Å². The maximum absolute atomic E-state index is 12.8. The summed E-state index contributed by atoms with van der Waals surface area (Å²) in [6.45, 7) is 2.49. The molecule has 1 atom stereocenters. The number of hydrogen-bond donors (Lipinski definition) is 1. The summed E-state index contributed by atoms with van der Waals surface area (Å²) in [5.41, 5.74) is 0.982. The van der Waals surface area contributed by atoms with Gasteiger partial charge in [0.15, 0.2) is 6.10 Å². The van der Waals surface area contributed by atoms with Crippen LogP contribution in [0.1, 0.15) is 13.3 Å². The molecule has 0 radical (unpaired) electrons. The van der Waals surface area contributed by atoms with Crippen LogP contribution in [0, 0.1) is 0 Å². The molecule has 144 valence electrons. The number of anilines is 2. The Bertz CT molecular complexity index is 929. The Morgan fingerprint density at radius 1 is 1.22 bits per heavy atom. The van der Waals surface area contributed by atoms with E-state index in [1.165, 1.54) is 4.31 Å². The van der Waals surface area contributed by atoms with Gasteiger partial charge in [-0.2, -0.15) is 0 Å². The highest BCUT2D eigenvalue weighted by Crippen LogP contribution is 2.34. The van der Waals surface area contributed by atoms with E-state index in [9.17, 15) is 13.2 Å². The molecule has 1 unspecified atom stereocenters. The number of nitrogens with zero attached hydrogens (tertiary/aromatic N) is 1. The van der Waals surface area contributed by atoms with E-state index in [4.69, 9.17) is 9.47 Å². The van der Waals surface area contributed by atoms with Crippen LogP contribution < -0.4 is 19.1 Å². The molecule has 0 saturated heterocycles. The number of rotatable bonds is 5. The van der Waals surface area contributed by atoms with Gasteiger partial charge in [0.25, 0.3) is 5.91 Å². The van der Waals surface area contributed by atoms with Crippen LogP contribution in [0.2, 0.25) is 0 Å². The summed E-state index contributed by atoms with van der Waals surface area (Å²) in [6.07, 6.45) is 0.542. The number of ether oxygens (including phenoxy) is 2. The van der Waals surface area contributed by atoms with E-state index < -0.39 is 16.1 Å². The largest absolute Gasteiger partial charge is 0.492 e. The summed E-state index contributed by atoms with van der Waals surface area (Å²) in [7, 11) is -3.48. The molecular weight excluding hydrogens is 368 g/mol. The highest BCUT2D eigenvalue weighted by Gasteiger charge is 2.31. The molecule has 1 N–H and O–H groups in total. The average molecular weight is 390 g/mol. The van der Waals surface area contributed by atoms with Gasteiger partial charge in [-0.25, -0.2) is 8.42 Å². The van der Waals surface area contributed by atoms with Crippen molar-refractivity contribution < 1.29 is 22.7 Å². The van der Waals surface area contributed by atoms with Gasteiger partial charge in [0.05, 0.1) is 24.2 Å². The number of amides is 1. The third kappa shape index (κ3) is 4.33. The van der Waals surface area contributed by atoms with Crippen molar-refractivity contribution in [2.45, 2.75) is 19.4 Å². The third-order valence-corrected chi connectivity index (χ3v) is 5.32. The van der Waals surface area contributed by atoms with Gasteiger partial charge in [0.2, 0.25) is 10.0 Å². The maximum Gasteiger partial charge on any atom is 0.265 e. The first-order valence-electron chi connectivity index (χ1n) is 8.66. The fraction of sp³-hybridized carbons (Fsp3) is 0.316.